The molecule has 1 saturated heterocycles. The molecule has 100 valence electrons. The van der Waals surface area contributed by atoms with Crippen LogP contribution in [0.25, 0.3) is 0 Å². The largest absolute Gasteiger partial charge is 0.369 e. The second-order valence-corrected chi connectivity index (χ2v) is 7.77. The van der Waals surface area contributed by atoms with E-state index in [0.717, 1.165) is 24.0 Å². The van der Waals surface area contributed by atoms with Gasteiger partial charge in [0.25, 0.3) is 0 Å². The Morgan fingerprint density at radius 3 is 2.61 bits per heavy atom. The Labute approximate surface area is 122 Å². The maximum Gasteiger partial charge on any atom is 0.0411 e. The second kappa shape index (κ2) is 6.31. The zero-order valence-corrected chi connectivity index (χ0v) is 13.4. The molecule has 0 radical (unpaired) electrons. The van der Waals surface area contributed by atoms with Crippen molar-refractivity contribution in [1.82, 2.24) is 0 Å². The molecule has 2 N–H and O–H groups in total. The molecule has 0 spiro atoms. The fourth-order valence-corrected chi connectivity index (χ4v) is 4.25. The topological polar surface area (TPSA) is 29.3 Å². The Morgan fingerprint density at radius 1 is 1.33 bits per heavy atom. The van der Waals surface area contributed by atoms with Crippen molar-refractivity contribution in [2.75, 3.05) is 24.5 Å². The van der Waals surface area contributed by atoms with Crippen molar-refractivity contribution in [1.29, 1.82) is 0 Å². The highest BCUT2D eigenvalue weighted by Crippen LogP contribution is 2.32. The van der Waals surface area contributed by atoms with Gasteiger partial charge >= 0.3 is 0 Å². The van der Waals surface area contributed by atoms with Crippen LogP contribution in [0.5, 0.6) is 0 Å². The Kier molecular flexibility index (Phi) is 4.98. The minimum Gasteiger partial charge on any atom is -0.369 e. The number of rotatable bonds is 3. The lowest BCUT2D eigenvalue weighted by Crippen LogP contribution is -2.41. The molecule has 0 bridgehead atoms. The first kappa shape index (κ1) is 14.2. The van der Waals surface area contributed by atoms with Gasteiger partial charge in [-0.05, 0) is 30.7 Å². The van der Waals surface area contributed by atoms with Gasteiger partial charge in [0, 0.05) is 33.7 Å². The maximum absolute atomic E-state index is 5.72. The van der Waals surface area contributed by atoms with Gasteiger partial charge in [0.2, 0.25) is 0 Å². The van der Waals surface area contributed by atoms with E-state index in [1.54, 1.807) is 0 Å². The average Bonchev–Trinajstić information content (AvgIpc) is 2.30. The molecule has 1 heterocycles. The molecule has 0 saturated carbocycles. The summed E-state index contributed by atoms with van der Waals surface area (Å²) in [5.41, 5.74) is 8.44. The number of thioether (sulfide) groups is 1. The Bertz CT molecular complexity index is 401. The van der Waals surface area contributed by atoms with Crippen LogP contribution < -0.4 is 10.6 Å². The Hall–Kier alpha value is -0.190. The molecule has 2 atom stereocenters. The second-order valence-electron chi connectivity index (χ2n) is 4.97. The van der Waals surface area contributed by atoms with Crippen LogP contribution in [-0.4, -0.2) is 30.1 Å². The predicted octanol–water partition coefficient (Wildman–Crippen LogP) is 3.28. The SMILES string of the molecule is CC1CN(c2cc(Br)ccc2CCN)CC(C)S1. The minimum absolute atomic E-state index is 0.693. The number of benzene rings is 1. The lowest BCUT2D eigenvalue weighted by molar-refractivity contribution is 0.723. The molecule has 0 aromatic heterocycles. The lowest BCUT2D eigenvalue weighted by Gasteiger charge is -2.37. The number of halogens is 1. The highest BCUT2D eigenvalue weighted by atomic mass is 79.9. The fourth-order valence-electron chi connectivity index (χ4n) is 2.57. The molecule has 0 aliphatic carbocycles. The third kappa shape index (κ3) is 3.43. The summed E-state index contributed by atoms with van der Waals surface area (Å²) in [6.07, 6.45) is 0.953. The maximum atomic E-state index is 5.72. The summed E-state index contributed by atoms with van der Waals surface area (Å²) in [4.78, 5) is 2.52. The third-order valence-corrected chi connectivity index (χ3v) is 4.94. The molecule has 0 amide bonds. The number of hydrogen-bond acceptors (Lipinski definition) is 3. The molecule has 18 heavy (non-hydrogen) atoms. The van der Waals surface area contributed by atoms with Crippen LogP contribution in [0, 0.1) is 0 Å². The van der Waals surface area contributed by atoms with Gasteiger partial charge in [-0.2, -0.15) is 11.8 Å². The normalized spacial score (nSPS) is 24.3. The average molecular weight is 329 g/mol. The lowest BCUT2D eigenvalue weighted by atomic mass is 10.1. The van der Waals surface area contributed by atoms with Gasteiger partial charge < -0.3 is 10.6 Å². The van der Waals surface area contributed by atoms with E-state index in [0.29, 0.717) is 17.0 Å². The quantitative estimate of drug-likeness (QED) is 0.923. The number of nitrogens with two attached hydrogens (primary N) is 1. The summed E-state index contributed by atoms with van der Waals surface area (Å²) in [6, 6.07) is 6.55. The van der Waals surface area contributed by atoms with Crippen LogP contribution in [0.4, 0.5) is 5.69 Å². The molecule has 4 heteroatoms. The summed E-state index contributed by atoms with van der Waals surface area (Å²) in [7, 11) is 0. The molecule has 1 aliphatic heterocycles. The first-order valence-corrected chi connectivity index (χ1v) is 8.22. The van der Waals surface area contributed by atoms with E-state index in [2.05, 4.69) is 64.6 Å². The predicted molar refractivity (Wildman–Crippen MR) is 85.6 cm³/mol. The van der Waals surface area contributed by atoms with Crippen LogP contribution in [0.2, 0.25) is 0 Å². The van der Waals surface area contributed by atoms with Gasteiger partial charge in [0.15, 0.2) is 0 Å². The van der Waals surface area contributed by atoms with Crippen LogP contribution >= 0.6 is 27.7 Å². The van der Waals surface area contributed by atoms with Crippen molar-refractivity contribution >= 4 is 33.4 Å². The van der Waals surface area contributed by atoms with Crippen molar-refractivity contribution in [3.05, 3.63) is 28.2 Å². The molecule has 1 aromatic rings. The molecule has 2 unspecified atom stereocenters. The van der Waals surface area contributed by atoms with Gasteiger partial charge in [-0.3, -0.25) is 0 Å². The highest BCUT2D eigenvalue weighted by Gasteiger charge is 2.23. The summed E-state index contributed by atoms with van der Waals surface area (Å²) in [6.45, 7) is 7.59. The molecule has 1 fully saturated rings. The number of nitrogens with zero attached hydrogens (tertiary/aromatic N) is 1. The molecule has 1 aromatic carbocycles. The van der Waals surface area contributed by atoms with Crippen molar-refractivity contribution < 1.29 is 0 Å². The van der Waals surface area contributed by atoms with Crippen molar-refractivity contribution in [2.24, 2.45) is 5.73 Å². The van der Waals surface area contributed by atoms with E-state index >= 15 is 0 Å². The van der Waals surface area contributed by atoms with Gasteiger partial charge in [0.1, 0.15) is 0 Å². The molecule has 1 aliphatic rings. The molecule has 2 nitrogen and oxygen atoms in total. The smallest absolute Gasteiger partial charge is 0.0411 e. The van der Waals surface area contributed by atoms with E-state index in [1.165, 1.54) is 11.3 Å². The molecular weight excluding hydrogens is 308 g/mol. The number of anilines is 1. The van der Waals surface area contributed by atoms with E-state index in [-0.39, 0.29) is 0 Å². The van der Waals surface area contributed by atoms with Gasteiger partial charge in [-0.25, -0.2) is 0 Å². The van der Waals surface area contributed by atoms with Crippen molar-refractivity contribution in [3.63, 3.8) is 0 Å². The van der Waals surface area contributed by atoms with Crippen molar-refractivity contribution in [2.45, 2.75) is 30.8 Å². The van der Waals surface area contributed by atoms with E-state index in [9.17, 15) is 0 Å². The summed E-state index contributed by atoms with van der Waals surface area (Å²) in [5.74, 6) is 0. The fraction of sp³-hybridized carbons (Fsp3) is 0.571. The number of hydrogen-bond donors (Lipinski definition) is 1. The Balaban J connectivity index is 2.27. The first-order chi connectivity index (χ1) is 8.60. The molecule has 2 rings (SSSR count). The van der Waals surface area contributed by atoms with Gasteiger partial charge in [-0.15, -0.1) is 0 Å². The first-order valence-electron chi connectivity index (χ1n) is 6.49. The Morgan fingerprint density at radius 2 is 2.00 bits per heavy atom. The van der Waals surface area contributed by atoms with E-state index < -0.39 is 0 Å². The minimum atomic E-state index is 0.693. The zero-order chi connectivity index (χ0) is 13.1. The van der Waals surface area contributed by atoms with E-state index in [4.69, 9.17) is 5.73 Å². The summed E-state index contributed by atoms with van der Waals surface area (Å²) >= 11 is 5.67. The zero-order valence-electron chi connectivity index (χ0n) is 11.0. The van der Waals surface area contributed by atoms with Crippen LogP contribution in [-0.2, 0) is 6.42 Å². The van der Waals surface area contributed by atoms with Gasteiger partial charge in [0.05, 0.1) is 0 Å². The third-order valence-electron chi connectivity index (χ3n) is 3.22. The van der Waals surface area contributed by atoms with Crippen LogP contribution in [0.3, 0.4) is 0 Å². The van der Waals surface area contributed by atoms with Crippen molar-refractivity contribution in [3.8, 4) is 0 Å². The standard InChI is InChI=1S/C14H21BrN2S/c1-10-8-17(9-11(2)18-10)14-7-13(15)4-3-12(14)5-6-16/h3-4,7,10-11H,5-6,8-9,16H2,1-2H3. The van der Waals surface area contributed by atoms with Crippen LogP contribution in [0.15, 0.2) is 22.7 Å². The highest BCUT2D eigenvalue weighted by molar-refractivity contribution is 9.10. The van der Waals surface area contributed by atoms with Gasteiger partial charge in [-0.1, -0.05) is 35.8 Å². The monoisotopic (exact) mass is 328 g/mol. The van der Waals surface area contributed by atoms with E-state index in [1.807, 2.05) is 0 Å². The van der Waals surface area contributed by atoms with Crippen LogP contribution in [0.1, 0.15) is 19.4 Å². The summed E-state index contributed by atoms with van der Waals surface area (Å²) in [5, 5.41) is 1.39. The molecular formula is C14H21BrN2S. The summed E-state index contributed by atoms with van der Waals surface area (Å²) < 4.78 is 1.15.